The predicted molar refractivity (Wildman–Crippen MR) is 214 cm³/mol. The van der Waals surface area contributed by atoms with E-state index in [1.54, 1.807) is 36.0 Å². The number of benzene rings is 2. The third kappa shape index (κ3) is 7.77. The Bertz CT molecular complexity index is 2430. The molecule has 14 heteroatoms. The number of nitrogens with one attached hydrogen (secondary N) is 2. The molecular weight excluding hydrogens is 749 g/mol. The number of hydrogen-bond acceptors (Lipinski definition) is 10. The first-order valence-corrected chi connectivity index (χ1v) is 20.3. The number of amides is 1. The molecule has 2 aromatic carbocycles. The molecule has 2 N–H and O–H groups in total. The first-order valence-electron chi connectivity index (χ1n) is 19.1. The molecule has 0 radical (unpaired) electrons. The number of carbonyl (C=O) groups is 2. The Balaban J connectivity index is 0.000000252. The van der Waals surface area contributed by atoms with Crippen molar-refractivity contribution in [1.29, 1.82) is 5.26 Å². The summed E-state index contributed by atoms with van der Waals surface area (Å²) in [5, 5.41) is 17.1. The summed E-state index contributed by atoms with van der Waals surface area (Å²) >= 11 is 1.79. The molecule has 2 fully saturated rings. The van der Waals surface area contributed by atoms with Gasteiger partial charge in [-0.05, 0) is 86.5 Å². The molecule has 1 saturated carbocycles. The Morgan fingerprint density at radius 3 is 2.65 bits per heavy atom. The van der Waals surface area contributed by atoms with Crippen LogP contribution in [0.5, 0.6) is 5.88 Å². The molecule has 5 heterocycles. The van der Waals surface area contributed by atoms with Crippen molar-refractivity contribution in [3.05, 3.63) is 111 Å². The van der Waals surface area contributed by atoms with Gasteiger partial charge in [-0.15, -0.1) is 11.8 Å². The van der Waals surface area contributed by atoms with Crippen LogP contribution in [0.15, 0.2) is 54.6 Å². The lowest BCUT2D eigenvalue weighted by Crippen LogP contribution is -2.48. The van der Waals surface area contributed by atoms with E-state index in [2.05, 4.69) is 44.6 Å². The van der Waals surface area contributed by atoms with Gasteiger partial charge in [0, 0.05) is 42.7 Å². The van der Waals surface area contributed by atoms with Gasteiger partial charge in [-0.3, -0.25) is 14.5 Å². The Labute approximate surface area is 333 Å². The lowest BCUT2D eigenvalue weighted by Gasteiger charge is -2.41. The molecule has 5 aliphatic rings. The van der Waals surface area contributed by atoms with Crippen molar-refractivity contribution in [3.63, 3.8) is 0 Å². The summed E-state index contributed by atoms with van der Waals surface area (Å²) in [6.45, 7) is 4.12. The second-order valence-electron chi connectivity index (χ2n) is 15.0. The highest BCUT2D eigenvalue weighted by molar-refractivity contribution is 7.99. The number of nitriles is 1. The SMILES string of the molecule is CNC1C=c2nc(CN3CC=C(c4cccc(OCc5ccc(C#N)cc5F)n4)CC3)n(CC3(SC)CCO3)c2=CC1.O=Cc1cc(F)c2c(c1)C1(CC1)C(=O)N2. The Morgan fingerprint density at radius 2 is 1.98 bits per heavy atom. The number of ether oxygens (including phenoxy) is 2. The maximum atomic E-state index is 14.3. The molecule has 1 saturated heterocycles. The number of fused-ring (bicyclic) bond motifs is 3. The van der Waals surface area contributed by atoms with Crippen molar-refractivity contribution in [1.82, 2.24) is 24.8 Å². The van der Waals surface area contributed by atoms with E-state index in [0.29, 0.717) is 29.3 Å². The van der Waals surface area contributed by atoms with Crippen molar-refractivity contribution in [2.45, 2.75) is 68.2 Å². The molecule has 11 nitrogen and oxygen atoms in total. The van der Waals surface area contributed by atoms with Gasteiger partial charge in [0.15, 0.2) is 0 Å². The summed E-state index contributed by atoms with van der Waals surface area (Å²) in [5.41, 5.74) is 3.37. The molecule has 2 atom stereocenters. The number of aldehydes is 1. The van der Waals surface area contributed by atoms with E-state index in [-0.39, 0.29) is 34.3 Å². The van der Waals surface area contributed by atoms with E-state index < -0.39 is 17.0 Å². The fourth-order valence-electron chi connectivity index (χ4n) is 7.81. The number of hydrogen-bond donors (Lipinski definition) is 2. The zero-order chi connectivity index (χ0) is 39.7. The van der Waals surface area contributed by atoms with Crippen molar-refractivity contribution < 1.29 is 27.8 Å². The van der Waals surface area contributed by atoms with E-state index in [1.807, 2.05) is 25.2 Å². The summed E-state index contributed by atoms with van der Waals surface area (Å²) in [6.07, 6.45) is 13.9. The molecule has 1 amide bonds. The van der Waals surface area contributed by atoms with Gasteiger partial charge in [0.2, 0.25) is 11.8 Å². The molecule has 4 aromatic rings. The average molecular weight is 792 g/mol. The molecule has 2 unspecified atom stereocenters. The number of imidazole rings is 1. The quantitative estimate of drug-likeness (QED) is 0.204. The summed E-state index contributed by atoms with van der Waals surface area (Å²) in [4.78, 5) is 34.3. The maximum Gasteiger partial charge on any atom is 0.235 e. The average Bonchev–Trinajstić information content (AvgIpc) is 3.90. The number of aromatic nitrogens is 3. The van der Waals surface area contributed by atoms with Crippen LogP contribution in [0.4, 0.5) is 14.5 Å². The maximum absolute atomic E-state index is 14.3. The van der Waals surface area contributed by atoms with Gasteiger partial charge >= 0.3 is 0 Å². The normalized spacial score (nSPS) is 21.3. The zero-order valence-corrected chi connectivity index (χ0v) is 32.6. The van der Waals surface area contributed by atoms with Crippen LogP contribution in [0, 0.1) is 23.0 Å². The van der Waals surface area contributed by atoms with Gasteiger partial charge < -0.3 is 24.7 Å². The molecule has 0 bridgehead atoms. The summed E-state index contributed by atoms with van der Waals surface area (Å²) in [5.74, 6) is 0.406. The second-order valence-corrected chi connectivity index (χ2v) is 16.1. The van der Waals surface area contributed by atoms with Crippen LogP contribution < -0.4 is 26.1 Å². The molecule has 2 aliphatic carbocycles. The van der Waals surface area contributed by atoms with Crippen LogP contribution >= 0.6 is 11.8 Å². The first kappa shape index (κ1) is 38.7. The minimum Gasteiger partial charge on any atom is -0.473 e. The van der Waals surface area contributed by atoms with Crippen molar-refractivity contribution in [2.75, 3.05) is 38.3 Å². The molecule has 3 aliphatic heterocycles. The minimum atomic E-state index is -0.533. The van der Waals surface area contributed by atoms with E-state index >= 15 is 0 Å². The third-order valence-electron chi connectivity index (χ3n) is 11.5. The number of pyridine rings is 1. The van der Waals surface area contributed by atoms with Gasteiger partial charge in [0.25, 0.3) is 0 Å². The van der Waals surface area contributed by atoms with E-state index in [9.17, 15) is 18.4 Å². The topological polar surface area (TPSA) is 134 Å². The molecule has 2 aromatic heterocycles. The summed E-state index contributed by atoms with van der Waals surface area (Å²) < 4.78 is 42.0. The van der Waals surface area contributed by atoms with Crippen LogP contribution in [-0.2, 0) is 34.6 Å². The predicted octanol–water partition coefficient (Wildman–Crippen LogP) is 4.81. The van der Waals surface area contributed by atoms with Gasteiger partial charge in [-0.1, -0.05) is 24.3 Å². The van der Waals surface area contributed by atoms with Crippen LogP contribution in [0.1, 0.15) is 70.7 Å². The Hall–Kier alpha value is -5.20. The van der Waals surface area contributed by atoms with Crippen LogP contribution in [-0.4, -0.2) is 75.6 Å². The monoisotopic (exact) mass is 791 g/mol. The number of anilines is 1. The van der Waals surface area contributed by atoms with Gasteiger partial charge in [0.05, 0.1) is 58.8 Å². The number of halogens is 2. The van der Waals surface area contributed by atoms with Crippen molar-refractivity contribution in [2.24, 2.45) is 0 Å². The smallest absolute Gasteiger partial charge is 0.235 e. The van der Waals surface area contributed by atoms with E-state index in [0.717, 1.165) is 87.8 Å². The van der Waals surface area contributed by atoms with Gasteiger partial charge in [-0.2, -0.15) is 5.26 Å². The molecular formula is C43H43F2N7O4S. The highest BCUT2D eigenvalue weighted by atomic mass is 32.2. The number of carbonyl (C=O) groups excluding carboxylic acids is 2. The fourth-order valence-corrected chi connectivity index (χ4v) is 8.56. The Kier molecular flexibility index (Phi) is 10.8. The molecule has 1 spiro atoms. The summed E-state index contributed by atoms with van der Waals surface area (Å²) in [6, 6.07) is 15.1. The molecule has 57 heavy (non-hydrogen) atoms. The lowest BCUT2D eigenvalue weighted by molar-refractivity contribution is -0.117. The third-order valence-corrected chi connectivity index (χ3v) is 12.7. The van der Waals surface area contributed by atoms with Crippen LogP contribution in [0.3, 0.4) is 0 Å². The van der Waals surface area contributed by atoms with Crippen LogP contribution in [0.2, 0.25) is 0 Å². The van der Waals surface area contributed by atoms with E-state index in [4.69, 9.17) is 24.7 Å². The highest BCUT2D eigenvalue weighted by Gasteiger charge is 2.57. The van der Waals surface area contributed by atoms with Gasteiger partial charge in [-0.25, -0.2) is 18.7 Å². The standard InChI is InChI=1S/C32H35FN6O2S.C11H8FNO2/c1-35-25-8-9-29-28(17-25)36-30(39(29)21-32(42-2)12-15-41-32)19-38-13-10-23(11-14-38)27-4-3-5-31(37-27)40-20-24-7-6-22(18-34)16-26(24)33;12-8-4-6(5-14)3-7-9(8)13-10(15)11(7)1-2-11/h3-7,9-10,16-17,25,35H,8,11-15,19-21H2,1-2H3;3-5H,1-2H2,(H,13,15). The van der Waals surface area contributed by atoms with E-state index in [1.165, 1.54) is 17.0 Å². The largest absolute Gasteiger partial charge is 0.473 e. The second kappa shape index (κ2) is 16.0. The number of thioether (sulfide) groups is 1. The fraction of sp³-hybridized carbons (Fsp3) is 0.372. The highest BCUT2D eigenvalue weighted by Crippen LogP contribution is 2.55. The lowest BCUT2D eigenvalue weighted by atomic mass is 9.96. The number of nitrogens with zero attached hydrogens (tertiary/aromatic N) is 5. The first-order chi connectivity index (χ1) is 27.7. The Morgan fingerprint density at radius 1 is 1.14 bits per heavy atom. The van der Waals surface area contributed by atoms with Crippen LogP contribution in [0.25, 0.3) is 17.7 Å². The molecule has 294 valence electrons. The van der Waals surface area contributed by atoms with Crippen molar-refractivity contribution in [3.8, 4) is 11.9 Å². The number of rotatable bonds is 11. The van der Waals surface area contributed by atoms with Gasteiger partial charge in [0.1, 0.15) is 35.3 Å². The minimum absolute atomic E-state index is 0.0459. The van der Waals surface area contributed by atoms with Crippen molar-refractivity contribution >= 4 is 47.4 Å². The summed E-state index contributed by atoms with van der Waals surface area (Å²) in [7, 11) is 1.99. The zero-order valence-electron chi connectivity index (χ0n) is 31.8. The molecule has 9 rings (SSSR count).